The van der Waals surface area contributed by atoms with Crippen LogP contribution in [0, 0.1) is 22.0 Å². The molecule has 0 aliphatic carbocycles. The lowest BCUT2D eigenvalue weighted by Crippen LogP contribution is -2.61. The van der Waals surface area contributed by atoms with Crippen molar-refractivity contribution in [1.29, 1.82) is 0 Å². The van der Waals surface area contributed by atoms with E-state index in [1.165, 1.54) is 73.4 Å². The molecule has 10 amide bonds. The van der Waals surface area contributed by atoms with Gasteiger partial charge >= 0.3 is 23.8 Å². The standard InChI is InChI=1S/C74H88N10O28/c1-36(2)59(78-57(86)17-22-106-23-18-75-56(85)16-19-79-58(87)26-39(5)66(79)93)65(92)76-40(6)64(91)77-43-13-10-41(11-14-43)34-109-73(100)82-46-30-54(52(104-7)28-44(46)67(94)80-32-37(3)24-49(80)69(82)96)107-20-9-21-108-55-31-47-45(29-53(55)105-8)68(95)81-33-38(4)25-50(81)70(97)83(47)74(101)110-35-42-12-15-51(48(27-42)84(102)103)111-72-62(90)60(88)61(89)63(112-72)71(98)99/h10-15,27-31,36,39-40,49-50,59-63,69-70,72,88-90,96-97H,3-4,9,16-26,32-35H2,1-2,5-8H3,(H,75,85)(H,76,92)(H,77,91)(H,78,86)(H,98,99)/t39?,40-,49-,50-,59-,60-,61?,62?,63-,69-,70-,72+/m0/s1. The molecule has 38 nitrogen and oxygen atoms in total. The van der Waals surface area contributed by atoms with E-state index in [1.807, 2.05) is 0 Å². The summed E-state index contributed by atoms with van der Waals surface area (Å²) >= 11 is 0. The van der Waals surface area contributed by atoms with Crippen molar-refractivity contribution in [3.63, 3.8) is 0 Å². The first kappa shape index (κ1) is 82.9. The first-order valence-electron chi connectivity index (χ1n) is 35.8. The van der Waals surface area contributed by atoms with Crippen molar-refractivity contribution in [1.82, 2.24) is 30.7 Å². The van der Waals surface area contributed by atoms with Crippen molar-refractivity contribution >= 4 is 88.2 Å². The van der Waals surface area contributed by atoms with Crippen LogP contribution in [0.4, 0.5) is 32.3 Å². The number of rotatable bonds is 31. The van der Waals surface area contributed by atoms with E-state index in [0.717, 1.165) is 26.8 Å². The number of nitrogens with one attached hydrogen (secondary N) is 4. The number of carbonyl (C=O) groups excluding carboxylic acids is 10. The van der Waals surface area contributed by atoms with E-state index >= 15 is 0 Å². The Morgan fingerprint density at radius 2 is 1.21 bits per heavy atom. The lowest BCUT2D eigenvalue weighted by Gasteiger charge is -2.38. The average molecular weight is 1570 g/mol. The fourth-order valence-corrected chi connectivity index (χ4v) is 13.4. The van der Waals surface area contributed by atoms with Gasteiger partial charge in [-0.05, 0) is 67.1 Å². The van der Waals surface area contributed by atoms with E-state index in [4.69, 9.17) is 42.6 Å². The number of aliphatic hydroxyl groups excluding tert-OH is 5. The second-order valence-corrected chi connectivity index (χ2v) is 27.7. The SMILES string of the molecule is C=C1C[C@H]2[C@H](O)N(C(=O)OCc3ccc(NC(=O)[C@H](C)NC(=O)[C@@H](NC(=O)CCOCCNC(=O)CCN4C(=O)CC(C)C4=O)C(C)C)cc3)c3cc(OCCCOc4cc5c(cc4OC)C(=O)N4CC(=C)C[C@H]4[C@H](O)N5C(=O)OCc4ccc(O[C@@H]5O[C@H](C(=O)O)C(O)[C@H](O)C5O)c([N+](=O)[O-])c4)c(OC)cc3C(=O)N2C1. The Balaban J connectivity index is 0.745. The summed E-state index contributed by atoms with van der Waals surface area (Å²) in [5.74, 6) is -6.97. The first-order chi connectivity index (χ1) is 53.3. The van der Waals surface area contributed by atoms with E-state index in [9.17, 15) is 93.5 Å². The first-order valence-corrected chi connectivity index (χ1v) is 35.8. The van der Waals surface area contributed by atoms with Crippen molar-refractivity contribution in [3.8, 4) is 28.7 Å². The number of carboxylic acids is 1. The van der Waals surface area contributed by atoms with Crippen LogP contribution in [0.1, 0.15) is 98.1 Å². The number of hydrogen-bond acceptors (Lipinski definition) is 27. The smallest absolute Gasteiger partial charge is 0.416 e. The predicted molar refractivity (Wildman–Crippen MR) is 387 cm³/mol. The minimum atomic E-state index is -2.08. The van der Waals surface area contributed by atoms with Crippen molar-refractivity contribution in [3.05, 3.63) is 123 Å². The van der Waals surface area contributed by atoms with Gasteiger partial charge in [-0.1, -0.05) is 63.3 Å². The van der Waals surface area contributed by atoms with Gasteiger partial charge in [-0.3, -0.25) is 53.4 Å². The maximum atomic E-state index is 14.4. The van der Waals surface area contributed by atoms with Gasteiger partial charge in [0, 0.05) is 81.7 Å². The highest BCUT2D eigenvalue weighted by molar-refractivity contribution is 6.08. The molecule has 4 fully saturated rings. The maximum Gasteiger partial charge on any atom is 0.416 e. The summed E-state index contributed by atoms with van der Waals surface area (Å²) < 4.78 is 51.2. The molecule has 0 spiro atoms. The largest absolute Gasteiger partial charge is 0.493 e. The number of imide groups is 1. The summed E-state index contributed by atoms with van der Waals surface area (Å²) in [5, 5.41) is 87.4. The Morgan fingerprint density at radius 3 is 1.72 bits per heavy atom. The number of nitro benzene ring substituents is 1. The van der Waals surface area contributed by atoms with Gasteiger partial charge in [0.15, 0.2) is 47.3 Å². The molecule has 0 saturated carbocycles. The zero-order valence-corrected chi connectivity index (χ0v) is 61.9. The monoisotopic (exact) mass is 1560 g/mol. The zero-order chi connectivity index (χ0) is 81.3. The van der Waals surface area contributed by atoms with Gasteiger partial charge in [0.2, 0.25) is 41.7 Å². The normalized spacial score (nSPS) is 22.5. The number of anilines is 3. The lowest BCUT2D eigenvalue weighted by atomic mass is 9.99. The minimum Gasteiger partial charge on any atom is -0.493 e. The van der Waals surface area contributed by atoms with Crippen LogP contribution < -0.4 is 54.8 Å². The number of fused-ring (bicyclic) bond motifs is 4. The summed E-state index contributed by atoms with van der Waals surface area (Å²) in [7, 11) is 2.63. The number of nitrogens with zero attached hydrogens (tertiary/aromatic N) is 6. The Labute approximate surface area is 640 Å². The van der Waals surface area contributed by atoms with E-state index < -0.39 is 150 Å². The zero-order valence-electron chi connectivity index (χ0n) is 61.9. The highest BCUT2D eigenvalue weighted by Gasteiger charge is 2.51. The third-order valence-electron chi connectivity index (χ3n) is 19.4. The molecule has 602 valence electrons. The molecular weight excluding hydrogens is 1480 g/mol. The molecule has 0 radical (unpaired) electrons. The predicted octanol–water partition coefficient (Wildman–Crippen LogP) is 2.11. The maximum absolute atomic E-state index is 14.4. The second kappa shape index (κ2) is 36.1. The number of likely N-dealkylation sites (tertiary alicyclic amines) is 1. The summed E-state index contributed by atoms with van der Waals surface area (Å²) in [6.07, 6.45) is -15.8. The molecule has 10 N–H and O–H groups in total. The molecule has 3 unspecified atom stereocenters. The third kappa shape index (κ3) is 18.7. The number of benzene rings is 4. The summed E-state index contributed by atoms with van der Waals surface area (Å²) in [6.45, 7) is 13.4. The Kier molecular flexibility index (Phi) is 26.7. The number of methoxy groups -OCH3 is 2. The number of carbonyl (C=O) groups is 11. The Hall–Kier alpha value is -11.5. The van der Waals surface area contributed by atoms with Gasteiger partial charge in [0.1, 0.15) is 43.6 Å². The van der Waals surface area contributed by atoms with Crippen LogP contribution in [-0.4, -0.2) is 250 Å². The highest BCUT2D eigenvalue weighted by atomic mass is 16.7. The molecule has 4 saturated heterocycles. The Morgan fingerprint density at radius 1 is 0.652 bits per heavy atom. The number of aliphatic carboxylic acids is 1. The number of aliphatic hydroxyl groups is 5. The van der Waals surface area contributed by atoms with Crippen molar-refractivity contribution in [2.24, 2.45) is 11.8 Å². The summed E-state index contributed by atoms with van der Waals surface area (Å²) in [6, 6.07) is 10.5. The van der Waals surface area contributed by atoms with Crippen LogP contribution in [0.15, 0.2) is 91.0 Å². The lowest BCUT2D eigenvalue weighted by molar-refractivity contribution is -0.387. The van der Waals surface area contributed by atoms with Crippen molar-refractivity contribution in [2.45, 2.75) is 147 Å². The van der Waals surface area contributed by atoms with E-state index in [2.05, 4.69) is 34.4 Å². The fraction of sp³-hybridized carbons (Fsp3) is 0.473. The van der Waals surface area contributed by atoms with Gasteiger partial charge in [-0.15, -0.1) is 0 Å². The van der Waals surface area contributed by atoms with Gasteiger partial charge in [0.25, 0.3) is 11.8 Å². The molecule has 4 aromatic rings. The minimum absolute atomic E-state index is 0.0138. The number of hydrogen-bond donors (Lipinski definition) is 10. The summed E-state index contributed by atoms with van der Waals surface area (Å²) in [5.41, 5.74) is 0.622. The molecule has 6 aliphatic heterocycles. The molecule has 12 atom stereocenters. The average Bonchev–Trinajstić information content (AvgIpc) is 1.64. The molecule has 112 heavy (non-hydrogen) atoms. The molecule has 6 heterocycles. The van der Waals surface area contributed by atoms with Crippen molar-refractivity contribution < 1.29 is 131 Å². The molecule has 10 rings (SSSR count). The van der Waals surface area contributed by atoms with E-state index in [-0.39, 0.29) is 167 Å². The fourth-order valence-electron chi connectivity index (χ4n) is 13.4. The van der Waals surface area contributed by atoms with Gasteiger partial charge in [-0.2, -0.15) is 0 Å². The topological polar surface area (TPSA) is 500 Å². The number of carboxylic acid groups (broad SMARTS) is 1. The van der Waals surface area contributed by atoms with Crippen LogP contribution in [0.25, 0.3) is 0 Å². The third-order valence-corrected chi connectivity index (χ3v) is 19.4. The van der Waals surface area contributed by atoms with Crippen molar-refractivity contribution in [2.75, 3.05) is 81.9 Å². The quantitative estimate of drug-likeness (QED) is 0.0113. The van der Waals surface area contributed by atoms with E-state index in [0.29, 0.717) is 22.4 Å². The Bertz CT molecular complexity index is 4330. The number of ether oxygens (including phenoxy) is 9. The second-order valence-electron chi connectivity index (χ2n) is 27.7. The van der Waals surface area contributed by atoms with Crippen LogP contribution in [-0.2, 0) is 65.7 Å². The van der Waals surface area contributed by atoms with Gasteiger partial charge in [0.05, 0.1) is 80.2 Å². The highest BCUT2D eigenvalue weighted by Crippen LogP contribution is 2.45. The molecular formula is C74H88N10O28. The summed E-state index contributed by atoms with van der Waals surface area (Å²) in [4.78, 5) is 162. The van der Waals surface area contributed by atoms with Crippen LogP contribution in [0.5, 0.6) is 28.7 Å². The molecule has 6 aliphatic rings. The molecule has 4 aromatic carbocycles. The van der Waals surface area contributed by atoms with Crippen LogP contribution in [0.3, 0.4) is 0 Å². The van der Waals surface area contributed by atoms with Crippen LogP contribution in [0.2, 0.25) is 0 Å². The van der Waals surface area contributed by atoms with Gasteiger partial charge in [-0.25, -0.2) is 24.2 Å². The molecule has 38 heteroatoms. The number of amides is 10. The molecule has 0 bridgehead atoms. The van der Waals surface area contributed by atoms with E-state index in [1.54, 1.807) is 32.9 Å². The van der Waals surface area contributed by atoms with Crippen LogP contribution >= 0.6 is 0 Å². The number of nitro groups is 1. The molecule has 0 aromatic heterocycles. The van der Waals surface area contributed by atoms with Gasteiger partial charge < -0.3 is 104 Å².